The molecule has 0 aromatic carbocycles. The monoisotopic (exact) mass is 460 g/mol. The van der Waals surface area contributed by atoms with E-state index in [4.69, 9.17) is 0 Å². The van der Waals surface area contributed by atoms with Gasteiger partial charge in [0, 0.05) is 50.5 Å². The van der Waals surface area contributed by atoms with Crippen LogP contribution in [0, 0.1) is 6.92 Å². The van der Waals surface area contributed by atoms with Gasteiger partial charge in [0.15, 0.2) is 0 Å². The van der Waals surface area contributed by atoms with E-state index in [1.165, 1.54) is 19.3 Å². The lowest BCUT2D eigenvalue weighted by atomic mass is 9.73. The van der Waals surface area contributed by atoms with Crippen molar-refractivity contribution in [1.82, 2.24) is 25.2 Å². The van der Waals surface area contributed by atoms with Gasteiger partial charge >= 0.3 is 0 Å². The zero-order valence-corrected chi connectivity index (χ0v) is 20.1. The fourth-order valence-corrected chi connectivity index (χ4v) is 5.40. The minimum absolute atomic E-state index is 0.0237. The number of piperazine rings is 1. The molecule has 2 N–H and O–H groups in total. The predicted octanol–water partition coefficient (Wildman–Crippen LogP) is 2.79. The average molecular weight is 461 g/mol. The van der Waals surface area contributed by atoms with Gasteiger partial charge in [-0.3, -0.25) is 19.5 Å². The van der Waals surface area contributed by atoms with Crippen molar-refractivity contribution >= 4 is 22.6 Å². The number of H-pyrrole nitrogens is 1. The van der Waals surface area contributed by atoms with E-state index < -0.39 is 0 Å². The van der Waals surface area contributed by atoms with Crippen molar-refractivity contribution < 1.29 is 4.79 Å². The van der Waals surface area contributed by atoms with Crippen molar-refractivity contribution in [2.75, 3.05) is 31.6 Å². The van der Waals surface area contributed by atoms with Crippen molar-refractivity contribution in [3.8, 4) is 0 Å². The third kappa shape index (κ3) is 3.96. The average Bonchev–Trinajstić information content (AvgIpc) is 2.82. The molecular weight excluding hydrogens is 428 g/mol. The van der Waals surface area contributed by atoms with Crippen LogP contribution in [0.3, 0.4) is 0 Å². The number of nitrogens with one attached hydrogen (secondary N) is 2. The first kappa shape index (κ1) is 22.5. The molecule has 3 aromatic rings. The number of pyridine rings is 3. The van der Waals surface area contributed by atoms with Gasteiger partial charge in [-0.1, -0.05) is 6.92 Å². The van der Waals surface area contributed by atoms with E-state index in [1.54, 1.807) is 7.05 Å². The smallest absolute Gasteiger partial charge is 0.269 e. The third-order valence-electron chi connectivity index (χ3n) is 7.52. The Morgan fingerprint density at radius 3 is 2.74 bits per heavy atom. The summed E-state index contributed by atoms with van der Waals surface area (Å²) in [4.78, 5) is 41.4. The molecule has 8 heteroatoms. The third-order valence-corrected chi connectivity index (χ3v) is 7.52. The van der Waals surface area contributed by atoms with Gasteiger partial charge in [0.05, 0.1) is 22.4 Å². The highest BCUT2D eigenvalue weighted by molar-refractivity contribution is 5.92. The molecule has 1 spiro atoms. The highest BCUT2D eigenvalue weighted by Crippen LogP contribution is 2.42. The second kappa shape index (κ2) is 8.83. The maximum Gasteiger partial charge on any atom is 0.269 e. The molecule has 4 heterocycles. The molecule has 1 saturated carbocycles. The number of carbonyl (C=O) groups excluding carboxylic acids is 1. The summed E-state index contributed by atoms with van der Waals surface area (Å²) in [5.74, 6) is -0.161. The van der Waals surface area contributed by atoms with Crippen LogP contribution < -0.4 is 15.8 Å². The van der Waals surface area contributed by atoms with Crippen LogP contribution in [0.15, 0.2) is 35.3 Å². The summed E-state index contributed by atoms with van der Waals surface area (Å²) in [6, 6.07) is 7.82. The van der Waals surface area contributed by atoms with Gasteiger partial charge in [-0.2, -0.15) is 0 Å². The van der Waals surface area contributed by atoms with Crippen LogP contribution >= 0.6 is 0 Å². The number of fused-ring (bicyclic) bond motifs is 1. The van der Waals surface area contributed by atoms with Crippen LogP contribution in [0.4, 0.5) is 5.69 Å². The van der Waals surface area contributed by atoms with Gasteiger partial charge in [0.1, 0.15) is 5.69 Å². The quantitative estimate of drug-likeness (QED) is 0.608. The van der Waals surface area contributed by atoms with Crippen molar-refractivity contribution in [2.24, 2.45) is 0 Å². The molecule has 178 valence electrons. The summed E-state index contributed by atoms with van der Waals surface area (Å²) < 4.78 is 0. The molecule has 8 nitrogen and oxygen atoms in total. The molecule has 2 fully saturated rings. The minimum atomic E-state index is -0.161. The Kier molecular flexibility index (Phi) is 5.85. The first-order valence-electron chi connectivity index (χ1n) is 12.1. The van der Waals surface area contributed by atoms with E-state index in [1.807, 2.05) is 38.2 Å². The highest BCUT2D eigenvalue weighted by atomic mass is 16.1. The van der Waals surface area contributed by atoms with Crippen LogP contribution in [0.25, 0.3) is 11.0 Å². The van der Waals surface area contributed by atoms with Crippen LogP contribution in [0.2, 0.25) is 0 Å². The molecule has 0 atom stereocenters. The number of hydrogen-bond acceptors (Lipinski definition) is 6. The standard InChI is InChI=1S/C26H32N6O2/c1-4-19-13-21-22(30-24(19)33)12-18(14-28-21)15-32-11-10-31(16-26(32)8-5-9-26)23-7-6-20(25(34)27-3)29-17(23)2/h6-7,12-14H,4-5,8-11,15-16H2,1-3H3,(H,27,34)(H,30,33). The lowest BCUT2D eigenvalue weighted by molar-refractivity contribution is -0.000138. The first-order valence-corrected chi connectivity index (χ1v) is 12.1. The number of anilines is 1. The van der Waals surface area contributed by atoms with Crippen LogP contribution in [-0.2, 0) is 13.0 Å². The van der Waals surface area contributed by atoms with Gasteiger partial charge in [-0.15, -0.1) is 0 Å². The number of nitrogens with zero attached hydrogens (tertiary/aromatic N) is 4. The van der Waals surface area contributed by atoms with E-state index in [9.17, 15) is 9.59 Å². The van der Waals surface area contributed by atoms with Crippen LogP contribution in [-0.4, -0.2) is 58.0 Å². The Hall–Kier alpha value is -3.26. The maximum atomic E-state index is 12.3. The highest BCUT2D eigenvalue weighted by Gasteiger charge is 2.46. The lowest BCUT2D eigenvalue weighted by Crippen LogP contribution is -2.65. The number of amides is 1. The zero-order valence-electron chi connectivity index (χ0n) is 20.1. The fourth-order valence-electron chi connectivity index (χ4n) is 5.40. The molecule has 0 bridgehead atoms. The number of hydrogen-bond donors (Lipinski definition) is 2. The van der Waals surface area contributed by atoms with Gasteiger partial charge in [0.2, 0.25) is 0 Å². The number of aromatic amines is 1. The number of carbonyl (C=O) groups is 1. The van der Waals surface area contributed by atoms with Gasteiger partial charge in [-0.25, -0.2) is 4.98 Å². The summed E-state index contributed by atoms with van der Waals surface area (Å²) >= 11 is 0. The van der Waals surface area contributed by atoms with Crippen molar-refractivity contribution in [2.45, 2.75) is 51.6 Å². The summed E-state index contributed by atoms with van der Waals surface area (Å²) in [5, 5.41) is 2.64. The molecule has 1 aliphatic heterocycles. The second-order valence-corrected chi connectivity index (χ2v) is 9.55. The molecule has 0 radical (unpaired) electrons. The van der Waals surface area contributed by atoms with Crippen molar-refractivity contribution in [3.63, 3.8) is 0 Å². The Morgan fingerprint density at radius 1 is 1.24 bits per heavy atom. The predicted molar refractivity (Wildman–Crippen MR) is 133 cm³/mol. The van der Waals surface area contributed by atoms with Crippen LogP contribution in [0.5, 0.6) is 0 Å². The van der Waals surface area contributed by atoms with E-state index in [-0.39, 0.29) is 17.0 Å². The topological polar surface area (TPSA) is 94.2 Å². The molecule has 0 unspecified atom stereocenters. The molecule has 3 aromatic heterocycles. The van der Waals surface area contributed by atoms with Gasteiger partial charge < -0.3 is 15.2 Å². The first-order chi connectivity index (χ1) is 16.4. The summed E-state index contributed by atoms with van der Waals surface area (Å²) in [6.45, 7) is 7.58. The minimum Gasteiger partial charge on any atom is -0.367 e. The fraction of sp³-hybridized carbons (Fsp3) is 0.462. The molecule has 5 rings (SSSR count). The van der Waals surface area contributed by atoms with E-state index in [0.717, 1.165) is 59.7 Å². The van der Waals surface area contributed by atoms with Crippen molar-refractivity contribution in [1.29, 1.82) is 0 Å². The number of aryl methyl sites for hydroxylation is 2. The second-order valence-electron chi connectivity index (χ2n) is 9.55. The Bertz CT molecular complexity index is 1300. The lowest BCUT2D eigenvalue weighted by Gasteiger charge is -2.56. The molecular formula is C26H32N6O2. The summed E-state index contributed by atoms with van der Waals surface area (Å²) in [5.41, 5.74) is 6.10. The SMILES string of the molecule is CCc1cc2ncc(CN3CCN(c4ccc(C(=O)NC)nc4C)CC34CCC4)cc2[nH]c1=O. The molecule has 34 heavy (non-hydrogen) atoms. The molecule has 1 saturated heterocycles. The van der Waals surface area contributed by atoms with Gasteiger partial charge in [-0.05, 0) is 62.4 Å². The zero-order chi connectivity index (χ0) is 23.9. The van der Waals surface area contributed by atoms with E-state index in [0.29, 0.717) is 12.1 Å². The van der Waals surface area contributed by atoms with E-state index in [2.05, 4.69) is 36.1 Å². The molecule has 1 aliphatic carbocycles. The Morgan fingerprint density at radius 2 is 2.06 bits per heavy atom. The molecule has 1 amide bonds. The Balaban J connectivity index is 1.35. The normalized spacial score (nSPS) is 17.7. The van der Waals surface area contributed by atoms with Crippen molar-refractivity contribution in [3.05, 3.63) is 63.3 Å². The van der Waals surface area contributed by atoms with Gasteiger partial charge in [0.25, 0.3) is 11.5 Å². The maximum absolute atomic E-state index is 12.3. The number of rotatable bonds is 5. The number of aromatic nitrogens is 3. The van der Waals surface area contributed by atoms with Crippen LogP contribution in [0.1, 0.15) is 53.5 Å². The molecule has 2 aliphatic rings. The van der Waals surface area contributed by atoms with E-state index >= 15 is 0 Å². The largest absolute Gasteiger partial charge is 0.367 e. The Labute approximate surface area is 199 Å². The summed E-state index contributed by atoms with van der Waals surface area (Å²) in [7, 11) is 1.62. The summed E-state index contributed by atoms with van der Waals surface area (Å²) in [6.07, 6.45) is 6.23.